The van der Waals surface area contributed by atoms with Crippen LogP contribution in [0.25, 0.3) is 10.2 Å². The van der Waals surface area contributed by atoms with Gasteiger partial charge in [-0.2, -0.15) is 10.1 Å². The summed E-state index contributed by atoms with van der Waals surface area (Å²) < 4.78 is 0. The van der Waals surface area contributed by atoms with Crippen molar-refractivity contribution in [3.05, 3.63) is 23.2 Å². The highest BCUT2D eigenvalue weighted by Crippen LogP contribution is 2.38. The molecule has 3 atom stereocenters. The van der Waals surface area contributed by atoms with Crippen molar-refractivity contribution < 1.29 is 0 Å². The molecule has 3 aromatic rings. The molecule has 0 amide bonds. The van der Waals surface area contributed by atoms with E-state index in [-0.39, 0.29) is 0 Å². The molecule has 0 radical (unpaired) electrons. The Bertz CT molecular complexity index is 919. The van der Waals surface area contributed by atoms with Crippen LogP contribution in [0.2, 0.25) is 0 Å². The molecule has 1 saturated heterocycles. The van der Waals surface area contributed by atoms with E-state index in [9.17, 15) is 0 Å². The Labute approximate surface area is 156 Å². The van der Waals surface area contributed by atoms with Crippen molar-refractivity contribution >= 4 is 39.1 Å². The minimum absolute atomic E-state index is 0.469. The van der Waals surface area contributed by atoms with Crippen molar-refractivity contribution in [1.82, 2.24) is 25.1 Å². The van der Waals surface area contributed by atoms with Gasteiger partial charge in [0.2, 0.25) is 5.95 Å². The van der Waals surface area contributed by atoms with Gasteiger partial charge in [0.1, 0.15) is 10.6 Å². The van der Waals surface area contributed by atoms with Crippen molar-refractivity contribution in [2.75, 3.05) is 30.8 Å². The van der Waals surface area contributed by atoms with Gasteiger partial charge in [0, 0.05) is 30.9 Å². The van der Waals surface area contributed by atoms with Crippen LogP contribution >= 0.6 is 11.3 Å². The summed E-state index contributed by atoms with van der Waals surface area (Å²) in [4.78, 5) is 12.9. The summed E-state index contributed by atoms with van der Waals surface area (Å²) in [6.45, 7) is 4.43. The molecule has 3 N–H and O–H groups in total. The maximum absolute atomic E-state index is 4.76. The molecule has 26 heavy (non-hydrogen) atoms. The summed E-state index contributed by atoms with van der Waals surface area (Å²) in [5.41, 5.74) is 1.02. The quantitative estimate of drug-likeness (QED) is 0.655. The van der Waals surface area contributed by atoms with Gasteiger partial charge in [-0.3, -0.25) is 5.10 Å². The van der Waals surface area contributed by atoms with Crippen LogP contribution in [-0.2, 0) is 0 Å². The maximum atomic E-state index is 4.76. The van der Waals surface area contributed by atoms with Crippen molar-refractivity contribution in [3.63, 3.8) is 0 Å². The molecule has 4 heterocycles. The third-order valence-electron chi connectivity index (χ3n) is 5.54. The van der Waals surface area contributed by atoms with Crippen molar-refractivity contribution in [3.8, 4) is 0 Å². The van der Waals surface area contributed by atoms with Crippen LogP contribution in [0.5, 0.6) is 0 Å². The van der Waals surface area contributed by atoms with E-state index in [0.717, 1.165) is 39.4 Å². The van der Waals surface area contributed by atoms with Gasteiger partial charge in [0.05, 0.1) is 5.39 Å². The normalized spacial score (nSPS) is 25.7. The Kier molecular flexibility index (Phi) is 3.82. The van der Waals surface area contributed by atoms with Gasteiger partial charge >= 0.3 is 0 Å². The average molecular weight is 369 g/mol. The molecule has 8 heteroatoms. The largest absolute Gasteiger partial charge is 0.351 e. The van der Waals surface area contributed by atoms with Gasteiger partial charge in [-0.1, -0.05) is 0 Å². The Morgan fingerprint density at radius 3 is 2.77 bits per heavy atom. The van der Waals surface area contributed by atoms with Crippen LogP contribution in [0.15, 0.2) is 17.5 Å². The number of anilines is 3. The molecule has 5 rings (SSSR count). The van der Waals surface area contributed by atoms with Crippen LogP contribution in [-0.4, -0.2) is 51.2 Å². The number of thiophene rings is 1. The molecule has 1 aliphatic carbocycles. The Morgan fingerprint density at radius 2 is 2.04 bits per heavy atom. The van der Waals surface area contributed by atoms with E-state index in [1.165, 1.54) is 25.9 Å². The highest BCUT2D eigenvalue weighted by atomic mass is 32.1. The lowest BCUT2D eigenvalue weighted by Crippen LogP contribution is -2.23. The fourth-order valence-corrected chi connectivity index (χ4v) is 5.22. The van der Waals surface area contributed by atoms with E-state index in [1.54, 1.807) is 11.3 Å². The maximum Gasteiger partial charge on any atom is 0.226 e. The Morgan fingerprint density at radius 1 is 1.23 bits per heavy atom. The van der Waals surface area contributed by atoms with Gasteiger partial charge in [-0.25, -0.2) is 4.98 Å². The minimum Gasteiger partial charge on any atom is -0.351 e. The molecule has 136 valence electrons. The number of rotatable bonds is 4. The van der Waals surface area contributed by atoms with Gasteiger partial charge < -0.3 is 15.5 Å². The molecule has 1 saturated carbocycles. The minimum atomic E-state index is 0.469. The molecule has 0 bridgehead atoms. The third-order valence-corrected chi connectivity index (χ3v) is 6.35. The first kappa shape index (κ1) is 16.0. The van der Waals surface area contributed by atoms with Gasteiger partial charge in [0.15, 0.2) is 5.82 Å². The van der Waals surface area contributed by atoms with E-state index in [4.69, 9.17) is 9.97 Å². The highest BCUT2D eigenvalue weighted by Gasteiger charge is 2.39. The average Bonchev–Trinajstić information content (AvgIpc) is 3.32. The summed E-state index contributed by atoms with van der Waals surface area (Å²) in [5.74, 6) is 3.93. The second-order valence-corrected chi connectivity index (χ2v) is 8.55. The number of aromatic amines is 1. The van der Waals surface area contributed by atoms with Crippen LogP contribution < -0.4 is 10.6 Å². The Hall–Kier alpha value is -2.19. The van der Waals surface area contributed by atoms with Crippen LogP contribution in [0.4, 0.5) is 17.6 Å². The second kappa shape index (κ2) is 6.21. The van der Waals surface area contributed by atoms with E-state index in [1.807, 2.05) is 13.0 Å². The van der Waals surface area contributed by atoms with Crippen molar-refractivity contribution in [1.29, 1.82) is 0 Å². The zero-order valence-corrected chi connectivity index (χ0v) is 15.8. The molecule has 2 fully saturated rings. The van der Waals surface area contributed by atoms with E-state index in [0.29, 0.717) is 12.0 Å². The fourth-order valence-electron chi connectivity index (χ4n) is 4.45. The predicted molar refractivity (Wildman–Crippen MR) is 105 cm³/mol. The number of likely N-dealkylation sites (tertiary alicyclic amines) is 1. The number of aryl methyl sites for hydroxylation is 1. The molecule has 0 aromatic carbocycles. The van der Waals surface area contributed by atoms with Gasteiger partial charge in [-0.15, -0.1) is 11.3 Å². The van der Waals surface area contributed by atoms with Gasteiger partial charge in [0.25, 0.3) is 0 Å². The number of hydrogen-bond donors (Lipinski definition) is 3. The van der Waals surface area contributed by atoms with E-state index < -0.39 is 0 Å². The molecular formula is C18H23N7S. The van der Waals surface area contributed by atoms with Crippen molar-refractivity contribution in [2.24, 2.45) is 11.8 Å². The monoisotopic (exact) mass is 369 g/mol. The zero-order valence-electron chi connectivity index (χ0n) is 15.0. The van der Waals surface area contributed by atoms with Crippen LogP contribution in [0.3, 0.4) is 0 Å². The summed E-state index contributed by atoms with van der Waals surface area (Å²) >= 11 is 1.64. The molecule has 1 aliphatic heterocycles. The molecule has 3 aromatic heterocycles. The molecule has 2 aliphatic rings. The third kappa shape index (κ3) is 2.93. The second-order valence-electron chi connectivity index (χ2n) is 7.65. The number of nitrogens with one attached hydrogen (secondary N) is 3. The summed E-state index contributed by atoms with van der Waals surface area (Å²) in [7, 11) is 2.23. The lowest BCUT2D eigenvalue weighted by molar-refractivity contribution is 0.374. The molecule has 7 nitrogen and oxygen atoms in total. The Balaban J connectivity index is 1.38. The highest BCUT2D eigenvalue weighted by molar-refractivity contribution is 7.16. The number of fused-ring (bicyclic) bond motifs is 2. The van der Waals surface area contributed by atoms with E-state index >= 15 is 0 Å². The molecular weight excluding hydrogens is 346 g/mol. The molecule has 0 spiro atoms. The SMILES string of the molecule is Cc1cc(Nc2nc(NC3C[C@@H]4CN(C)C[C@@H]4C3)nc3sccc23)n[nH]1. The number of aromatic nitrogens is 4. The summed E-state index contributed by atoms with van der Waals surface area (Å²) in [6, 6.07) is 4.50. The predicted octanol–water partition coefficient (Wildman–Crippen LogP) is 3.22. The smallest absolute Gasteiger partial charge is 0.226 e. The summed E-state index contributed by atoms with van der Waals surface area (Å²) in [5, 5.41) is 17.2. The topological polar surface area (TPSA) is 81.8 Å². The lowest BCUT2D eigenvalue weighted by Gasteiger charge is -2.16. The number of nitrogens with zero attached hydrogens (tertiary/aromatic N) is 4. The number of H-pyrrole nitrogens is 1. The number of hydrogen-bond acceptors (Lipinski definition) is 7. The first-order valence-corrected chi connectivity index (χ1v) is 10.0. The first-order chi connectivity index (χ1) is 12.6. The van der Waals surface area contributed by atoms with Gasteiger partial charge in [-0.05, 0) is 50.1 Å². The van der Waals surface area contributed by atoms with Crippen molar-refractivity contribution in [2.45, 2.75) is 25.8 Å². The van der Waals surface area contributed by atoms with E-state index in [2.05, 4.69) is 44.2 Å². The standard InChI is InChI=1S/C18H23N7S/c1-10-5-15(24-23-10)20-16-14-3-4-26-17(14)22-18(21-16)19-13-6-11-8-25(2)9-12(11)7-13/h3-5,11-13H,6-9H2,1-2H3,(H3,19,20,21,22,23,24)/t11-,12+,13?. The first-order valence-electron chi connectivity index (χ1n) is 9.13. The molecule has 1 unspecified atom stereocenters. The summed E-state index contributed by atoms with van der Waals surface area (Å²) in [6.07, 6.45) is 2.42. The van der Waals surface area contributed by atoms with Crippen LogP contribution in [0, 0.1) is 18.8 Å². The lowest BCUT2D eigenvalue weighted by atomic mass is 10.0. The zero-order chi connectivity index (χ0) is 17.7. The van der Waals surface area contributed by atoms with Crippen LogP contribution in [0.1, 0.15) is 18.5 Å². The fraction of sp³-hybridized carbons (Fsp3) is 0.500.